The Bertz CT molecular complexity index is 1570. The minimum Gasteiger partial charge on any atom is -0.507 e. The molecule has 4 nitrogen and oxygen atoms in total. The fourth-order valence-corrected chi connectivity index (χ4v) is 7.02. The van der Waals surface area contributed by atoms with E-state index >= 15 is 0 Å². The second-order valence-corrected chi connectivity index (χ2v) is 24.8. The molecule has 4 aromatic carbocycles. The number of benzene rings is 4. The van der Waals surface area contributed by atoms with Crippen LogP contribution >= 0.6 is 0 Å². The smallest absolute Gasteiger partial charge is 0.123 e. The molecule has 340 valence electrons. The quantitative estimate of drug-likeness (QED) is 0.142. The topological polar surface area (TPSA) is 80.9 Å². The summed E-state index contributed by atoms with van der Waals surface area (Å²) in [6, 6.07) is 24.2. The van der Waals surface area contributed by atoms with Gasteiger partial charge >= 0.3 is 0 Å². The van der Waals surface area contributed by atoms with Gasteiger partial charge in [0.25, 0.3) is 0 Å². The summed E-state index contributed by atoms with van der Waals surface area (Å²) >= 11 is 0. The van der Waals surface area contributed by atoms with Gasteiger partial charge in [0.2, 0.25) is 0 Å². The van der Waals surface area contributed by atoms with E-state index in [1.165, 1.54) is 0 Å². The van der Waals surface area contributed by atoms with Crippen LogP contribution in [0.4, 0.5) is 0 Å². The van der Waals surface area contributed by atoms with Crippen LogP contribution in [0.3, 0.4) is 0 Å². The first kappa shape index (κ1) is 58.0. The van der Waals surface area contributed by atoms with Crippen LogP contribution in [0.15, 0.2) is 72.8 Å². The first-order chi connectivity index (χ1) is 26.6. The Morgan fingerprint density at radius 1 is 0.213 bits per heavy atom. The SMILES string of the molecule is CC(C)(C)c1cccc(C(C)(C)C)c1O.CC(C)(C)c1cccc(C(C)(C)C)c1O.CC(C)(C)c1cccc(C(C)(C)C)c1O.CC(C)(C)c1cccc(C(C)(C)C)c1O.[Zr]. The van der Waals surface area contributed by atoms with Gasteiger partial charge in [-0.2, -0.15) is 0 Å². The van der Waals surface area contributed by atoms with Crippen LogP contribution < -0.4 is 0 Å². The summed E-state index contributed by atoms with van der Waals surface area (Å²) in [5.41, 5.74) is 8.12. The van der Waals surface area contributed by atoms with E-state index in [1.807, 2.05) is 72.8 Å². The fourth-order valence-electron chi connectivity index (χ4n) is 7.02. The molecule has 0 bridgehead atoms. The van der Waals surface area contributed by atoms with Gasteiger partial charge in [0, 0.05) is 26.2 Å². The van der Waals surface area contributed by atoms with E-state index in [1.54, 1.807) is 0 Å². The zero-order chi connectivity index (χ0) is 47.4. The van der Waals surface area contributed by atoms with Gasteiger partial charge in [-0.25, -0.2) is 0 Å². The molecule has 0 saturated heterocycles. The summed E-state index contributed by atoms with van der Waals surface area (Å²) < 4.78 is 0. The average Bonchev–Trinajstić information content (AvgIpc) is 3.01. The second kappa shape index (κ2) is 20.6. The Morgan fingerprint density at radius 2 is 0.295 bits per heavy atom. The third kappa shape index (κ3) is 16.9. The monoisotopic (exact) mass is 915 g/mol. The van der Waals surface area contributed by atoms with Gasteiger partial charge in [0.15, 0.2) is 0 Å². The van der Waals surface area contributed by atoms with Crippen molar-refractivity contribution in [1.82, 2.24) is 0 Å². The number of hydrogen-bond donors (Lipinski definition) is 4. The molecule has 4 rings (SSSR count). The molecular weight excluding hydrogens is 828 g/mol. The Labute approximate surface area is 394 Å². The Balaban J connectivity index is 0.000000783. The van der Waals surface area contributed by atoms with Crippen molar-refractivity contribution in [3.8, 4) is 23.0 Å². The summed E-state index contributed by atoms with van der Waals surface area (Å²) in [5, 5.41) is 41.0. The predicted octanol–water partition coefficient (Wildman–Crippen LogP) is 15.9. The summed E-state index contributed by atoms with van der Waals surface area (Å²) in [6.45, 7) is 50.9. The third-order valence-electron chi connectivity index (χ3n) is 10.6. The molecule has 0 aromatic heterocycles. The Kier molecular flexibility index (Phi) is 19.6. The number of aromatic hydroxyl groups is 4. The van der Waals surface area contributed by atoms with Gasteiger partial charge in [0.1, 0.15) is 23.0 Å². The third-order valence-corrected chi connectivity index (χ3v) is 10.6. The summed E-state index contributed by atoms with van der Waals surface area (Å²) in [5.74, 6) is 1.82. The fraction of sp³-hybridized carbons (Fsp3) is 0.571. The van der Waals surface area contributed by atoms with Crippen LogP contribution in [0.1, 0.15) is 211 Å². The van der Waals surface area contributed by atoms with E-state index < -0.39 is 0 Å². The molecule has 0 aliphatic carbocycles. The standard InChI is InChI=1S/4C14H22O.Zr/c4*1-13(2,3)10-8-7-9-11(12(10)15)14(4,5)6;/h4*7-9,15H,1-6H3;. The van der Waals surface area contributed by atoms with Crippen molar-refractivity contribution in [1.29, 1.82) is 0 Å². The molecule has 4 N–H and O–H groups in total. The van der Waals surface area contributed by atoms with Crippen molar-refractivity contribution in [2.24, 2.45) is 0 Å². The molecule has 0 unspecified atom stereocenters. The van der Waals surface area contributed by atoms with Crippen molar-refractivity contribution >= 4 is 0 Å². The van der Waals surface area contributed by atoms with Gasteiger partial charge in [0.05, 0.1) is 0 Å². The van der Waals surface area contributed by atoms with Crippen LogP contribution in [0, 0.1) is 0 Å². The van der Waals surface area contributed by atoms with Crippen LogP contribution in [0.2, 0.25) is 0 Å². The normalized spacial score (nSPS) is 12.7. The van der Waals surface area contributed by atoms with E-state index in [-0.39, 0.29) is 69.5 Å². The van der Waals surface area contributed by atoms with Crippen LogP contribution in [0.5, 0.6) is 23.0 Å². The minimum absolute atomic E-state index is 0. The van der Waals surface area contributed by atoms with Crippen molar-refractivity contribution in [2.45, 2.75) is 209 Å². The largest absolute Gasteiger partial charge is 0.507 e. The number of hydrogen-bond acceptors (Lipinski definition) is 4. The van der Waals surface area contributed by atoms with Crippen molar-refractivity contribution in [3.63, 3.8) is 0 Å². The summed E-state index contributed by atoms with van der Waals surface area (Å²) in [7, 11) is 0. The molecule has 0 atom stereocenters. The number of phenols is 4. The molecular formula is C56H88O4Zr. The van der Waals surface area contributed by atoms with Crippen molar-refractivity contribution in [3.05, 3.63) is 117 Å². The zero-order valence-corrected chi connectivity index (χ0v) is 45.7. The molecule has 61 heavy (non-hydrogen) atoms. The van der Waals surface area contributed by atoms with E-state index in [9.17, 15) is 20.4 Å². The number of phenolic OH excluding ortho intramolecular Hbond substituents is 4. The second-order valence-electron chi connectivity index (χ2n) is 24.8. The van der Waals surface area contributed by atoms with Crippen LogP contribution in [0.25, 0.3) is 0 Å². The molecule has 4 aromatic rings. The van der Waals surface area contributed by atoms with Gasteiger partial charge in [-0.1, -0.05) is 239 Å². The Hall–Kier alpha value is -3.04. The molecule has 0 heterocycles. The number of para-hydroxylation sites is 4. The Morgan fingerprint density at radius 3 is 0.361 bits per heavy atom. The number of rotatable bonds is 0. The van der Waals surface area contributed by atoms with E-state index in [0.29, 0.717) is 23.0 Å². The van der Waals surface area contributed by atoms with Gasteiger partial charge in [-0.3, -0.25) is 0 Å². The minimum atomic E-state index is -0.00859. The van der Waals surface area contributed by atoms with Crippen LogP contribution in [-0.2, 0) is 69.5 Å². The van der Waals surface area contributed by atoms with E-state index in [0.717, 1.165) is 44.5 Å². The molecule has 5 heteroatoms. The maximum atomic E-state index is 10.3. The van der Waals surface area contributed by atoms with Gasteiger partial charge in [-0.15, -0.1) is 0 Å². The molecule has 0 spiro atoms. The predicted molar refractivity (Wildman–Crippen MR) is 262 cm³/mol. The molecule has 0 aliphatic heterocycles. The molecule has 0 radical (unpaired) electrons. The summed E-state index contributed by atoms with van der Waals surface area (Å²) in [4.78, 5) is 0. The van der Waals surface area contributed by atoms with Gasteiger partial charge in [-0.05, 0) is 87.8 Å². The van der Waals surface area contributed by atoms with Gasteiger partial charge < -0.3 is 20.4 Å². The van der Waals surface area contributed by atoms with Crippen molar-refractivity contribution in [2.75, 3.05) is 0 Å². The molecule has 0 amide bonds. The zero-order valence-electron chi connectivity index (χ0n) is 43.2. The first-order valence-corrected chi connectivity index (χ1v) is 21.9. The van der Waals surface area contributed by atoms with Crippen LogP contribution in [-0.4, -0.2) is 20.4 Å². The summed E-state index contributed by atoms with van der Waals surface area (Å²) in [6.07, 6.45) is 0. The molecule has 0 saturated carbocycles. The maximum Gasteiger partial charge on any atom is 0.123 e. The maximum absolute atomic E-state index is 10.3. The molecule has 0 fully saturated rings. The van der Waals surface area contributed by atoms with E-state index in [2.05, 4.69) is 166 Å². The van der Waals surface area contributed by atoms with E-state index in [4.69, 9.17) is 0 Å². The molecule has 0 aliphatic rings. The van der Waals surface area contributed by atoms with Crippen molar-refractivity contribution < 1.29 is 46.6 Å². The average molecular weight is 917 g/mol. The first-order valence-electron chi connectivity index (χ1n) is 21.9.